The minimum atomic E-state index is -0.628. The number of carbonyl (C=O) groups excluding carboxylic acids is 1. The Labute approximate surface area is 130 Å². The van der Waals surface area contributed by atoms with Crippen molar-refractivity contribution in [3.63, 3.8) is 0 Å². The van der Waals surface area contributed by atoms with E-state index in [0.717, 1.165) is 11.1 Å². The summed E-state index contributed by atoms with van der Waals surface area (Å²) < 4.78 is 10.7. The third-order valence-corrected chi connectivity index (χ3v) is 3.70. The van der Waals surface area contributed by atoms with Crippen molar-refractivity contribution in [3.8, 4) is 5.75 Å². The molecule has 5 nitrogen and oxygen atoms in total. The second kappa shape index (κ2) is 5.73. The Morgan fingerprint density at radius 3 is 2.67 bits per heavy atom. The number of amides is 1. The first-order chi connectivity index (χ1) is 9.74. The molecular formula is C15H21ClN2O3. The third kappa shape index (κ3) is 3.24. The molecule has 0 fully saturated rings. The van der Waals surface area contributed by atoms with Crippen LogP contribution in [0, 0.1) is 0 Å². The summed E-state index contributed by atoms with van der Waals surface area (Å²) in [6, 6.07) is 3.55. The van der Waals surface area contributed by atoms with Crippen molar-refractivity contribution in [2.24, 2.45) is 5.73 Å². The molecule has 0 radical (unpaired) electrons. The van der Waals surface area contributed by atoms with Crippen LogP contribution in [0.4, 0.5) is 4.79 Å². The van der Waals surface area contributed by atoms with Gasteiger partial charge in [-0.1, -0.05) is 11.6 Å². The number of hydrogen-bond acceptors (Lipinski definition) is 4. The minimum Gasteiger partial charge on any atom is -0.496 e. The van der Waals surface area contributed by atoms with Gasteiger partial charge in [-0.3, -0.25) is 4.90 Å². The summed E-state index contributed by atoms with van der Waals surface area (Å²) in [6.07, 6.45) is -0.432. The van der Waals surface area contributed by atoms with E-state index in [4.69, 9.17) is 26.8 Å². The lowest BCUT2D eigenvalue weighted by Crippen LogP contribution is -2.46. The molecule has 6 heteroatoms. The Morgan fingerprint density at radius 1 is 1.43 bits per heavy atom. The summed E-state index contributed by atoms with van der Waals surface area (Å²) in [5.74, 6) is 0.634. The maximum Gasteiger partial charge on any atom is 0.411 e. The van der Waals surface area contributed by atoms with Gasteiger partial charge in [0.15, 0.2) is 0 Å². The number of methoxy groups -OCH3 is 1. The number of hydrogen-bond donors (Lipinski definition) is 1. The molecule has 1 aromatic rings. The van der Waals surface area contributed by atoms with Crippen molar-refractivity contribution in [3.05, 3.63) is 28.3 Å². The van der Waals surface area contributed by atoms with Gasteiger partial charge in [-0.25, -0.2) is 4.79 Å². The van der Waals surface area contributed by atoms with Gasteiger partial charge in [0, 0.05) is 17.1 Å². The van der Waals surface area contributed by atoms with E-state index in [2.05, 4.69) is 0 Å². The van der Waals surface area contributed by atoms with Crippen molar-refractivity contribution in [2.45, 2.75) is 39.0 Å². The van der Waals surface area contributed by atoms with Gasteiger partial charge in [-0.05, 0) is 44.9 Å². The first-order valence-corrected chi connectivity index (χ1v) is 7.23. The van der Waals surface area contributed by atoms with E-state index in [0.29, 0.717) is 23.7 Å². The van der Waals surface area contributed by atoms with E-state index in [9.17, 15) is 4.79 Å². The molecule has 0 spiro atoms. The summed E-state index contributed by atoms with van der Waals surface area (Å²) in [5.41, 5.74) is 7.37. The van der Waals surface area contributed by atoms with E-state index in [1.165, 1.54) is 4.90 Å². The molecule has 0 saturated carbocycles. The van der Waals surface area contributed by atoms with Crippen LogP contribution in [0.25, 0.3) is 0 Å². The van der Waals surface area contributed by atoms with Gasteiger partial charge in [-0.15, -0.1) is 0 Å². The normalized spacial score (nSPS) is 18.2. The summed E-state index contributed by atoms with van der Waals surface area (Å²) in [5, 5.41) is 0.644. The second-order valence-electron chi connectivity index (χ2n) is 6.01. The average molecular weight is 313 g/mol. The van der Waals surface area contributed by atoms with Crippen molar-refractivity contribution < 1.29 is 14.3 Å². The first-order valence-electron chi connectivity index (χ1n) is 6.85. The molecule has 0 unspecified atom stereocenters. The number of benzene rings is 1. The molecule has 1 aliphatic rings. The van der Waals surface area contributed by atoms with Gasteiger partial charge in [0.05, 0.1) is 7.11 Å². The van der Waals surface area contributed by atoms with E-state index >= 15 is 0 Å². The monoisotopic (exact) mass is 312 g/mol. The molecule has 1 amide bonds. The predicted molar refractivity (Wildman–Crippen MR) is 81.6 cm³/mol. The molecule has 116 valence electrons. The number of fused-ring (bicyclic) bond motifs is 1. The molecular weight excluding hydrogens is 292 g/mol. The van der Waals surface area contributed by atoms with Crippen molar-refractivity contribution >= 4 is 17.7 Å². The number of nitrogens with zero attached hydrogens (tertiary/aromatic N) is 1. The van der Waals surface area contributed by atoms with E-state index in [1.54, 1.807) is 19.2 Å². The van der Waals surface area contributed by atoms with E-state index < -0.39 is 17.9 Å². The number of nitrogens with two attached hydrogens (primary N) is 1. The Bertz CT molecular complexity index is 555. The lowest BCUT2D eigenvalue weighted by molar-refractivity contribution is 0.0145. The lowest BCUT2D eigenvalue weighted by Gasteiger charge is -2.36. The van der Waals surface area contributed by atoms with Crippen LogP contribution in [-0.4, -0.2) is 30.2 Å². The molecule has 1 heterocycles. The fourth-order valence-electron chi connectivity index (χ4n) is 2.43. The third-order valence-electron chi connectivity index (χ3n) is 3.34. The zero-order chi connectivity index (χ0) is 15.8. The maximum atomic E-state index is 12.3. The molecule has 1 aliphatic heterocycles. The van der Waals surface area contributed by atoms with Crippen molar-refractivity contribution in [1.82, 2.24) is 4.90 Å². The molecule has 0 aliphatic carbocycles. The zero-order valence-electron chi connectivity index (χ0n) is 12.8. The Kier molecular flexibility index (Phi) is 4.35. The van der Waals surface area contributed by atoms with Gasteiger partial charge in [0.1, 0.15) is 17.5 Å². The highest BCUT2D eigenvalue weighted by Crippen LogP contribution is 2.38. The van der Waals surface area contributed by atoms with Crippen LogP contribution in [0.1, 0.15) is 38.1 Å². The summed E-state index contributed by atoms with van der Waals surface area (Å²) in [4.78, 5) is 13.8. The maximum absolute atomic E-state index is 12.3. The SMILES string of the molecule is COc1ccc(Cl)c2c1[C@@H](N)N(C(=O)OC(C)(C)C)CC2. The number of carbonyl (C=O) groups is 1. The van der Waals surface area contributed by atoms with E-state index in [1.807, 2.05) is 20.8 Å². The Balaban J connectivity index is 2.34. The standard InChI is InChI=1S/C15H21ClN2O3/c1-15(2,3)21-14(19)18-8-7-9-10(16)5-6-11(20-4)12(9)13(18)17/h5-6,13H,7-8,17H2,1-4H3/t13-/m0/s1. The molecule has 0 bridgehead atoms. The topological polar surface area (TPSA) is 64.8 Å². The summed E-state index contributed by atoms with van der Waals surface area (Å²) in [7, 11) is 1.57. The highest BCUT2D eigenvalue weighted by molar-refractivity contribution is 6.31. The summed E-state index contributed by atoms with van der Waals surface area (Å²) in [6.45, 7) is 5.94. The largest absolute Gasteiger partial charge is 0.496 e. The average Bonchev–Trinajstić information content (AvgIpc) is 2.38. The van der Waals surface area contributed by atoms with Gasteiger partial charge >= 0.3 is 6.09 Å². The number of halogens is 1. The molecule has 1 aromatic carbocycles. The molecule has 2 rings (SSSR count). The van der Waals surface area contributed by atoms with Crippen LogP contribution >= 0.6 is 11.6 Å². The van der Waals surface area contributed by atoms with Crippen LogP contribution in [-0.2, 0) is 11.2 Å². The molecule has 21 heavy (non-hydrogen) atoms. The van der Waals surface area contributed by atoms with Crippen LogP contribution in [0.3, 0.4) is 0 Å². The van der Waals surface area contributed by atoms with Crippen LogP contribution < -0.4 is 10.5 Å². The zero-order valence-corrected chi connectivity index (χ0v) is 13.5. The number of ether oxygens (including phenoxy) is 2. The fraction of sp³-hybridized carbons (Fsp3) is 0.533. The minimum absolute atomic E-state index is 0.428. The van der Waals surface area contributed by atoms with Gasteiger partial charge in [0.25, 0.3) is 0 Å². The van der Waals surface area contributed by atoms with Crippen LogP contribution in [0.15, 0.2) is 12.1 Å². The Hall–Kier alpha value is -1.46. The molecule has 1 atom stereocenters. The van der Waals surface area contributed by atoms with Crippen LogP contribution in [0.2, 0.25) is 5.02 Å². The van der Waals surface area contributed by atoms with E-state index in [-0.39, 0.29) is 0 Å². The smallest absolute Gasteiger partial charge is 0.411 e. The summed E-state index contributed by atoms with van der Waals surface area (Å²) >= 11 is 6.22. The van der Waals surface area contributed by atoms with Crippen LogP contribution in [0.5, 0.6) is 5.75 Å². The first kappa shape index (κ1) is 15.9. The predicted octanol–water partition coefficient (Wildman–Crippen LogP) is 3.10. The molecule has 2 N–H and O–H groups in total. The highest BCUT2D eigenvalue weighted by atomic mass is 35.5. The quantitative estimate of drug-likeness (QED) is 0.865. The highest BCUT2D eigenvalue weighted by Gasteiger charge is 2.34. The fourth-order valence-corrected chi connectivity index (χ4v) is 2.68. The molecule has 0 saturated heterocycles. The van der Waals surface area contributed by atoms with Gasteiger partial charge in [-0.2, -0.15) is 0 Å². The van der Waals surface area contributed by atoms with Gasteiger partial charge in [0.2, 0.25) is 0 Å². The lowest BCUT2D eigenvalue weighted by atomic mass is 9.96. The molecule has 0 aromatic heterocycles. The second-order valence-corrected chi connectivity index (χ2v) is 6.42. The Morgan fingerprint density at radius 2 is 2.10 bits per heavy atom. The van der Waals surface area contributed by atoms with Crippen molar-refractivity contribution in [2.75, 3.05) is 13.7 Å². The van der Waals surface area contributed by atoms with Crippen molar-refractivity contribution in [1.29, 1.82) is 0 Å². The van der Waals surface area contributed by atoms with Gasteiger partial charge < -0.3 is 15.2 Å². The number of rotatable bonds is 1.